The summed E-state index contributed by atoms with van der Waals surface area (Å²) in [4.78, 5) is 38.7. The van der Waals surface area contributed by atoms with Crippen molar-refractivity contribution in [3.05, 3.63) is 34.9 Å². The summed E-state index contributed by atoms with van der Waals surface area (Å²) in [6.07, 6.45) is 2.18. The number of likely N-dealkylation sites (tertiary alicyclic amines) is 1. The van der Waals surface area contributed by atoms with Crippen molar-refractivity contribution >= 4 is 17.8 Å². The number of carbonyl (C=O) groups excluding carboxylic acids is 2. The van der Waals surface area contributed by atoms with Crippen LogP contribution in [0.3, 0.4) is 0 Å². The lowest BCUT2D eigenvalue weighted by Crippen LogP contribution is -2.48. The van der Waals surface area contributed by atoms with Crippen molar-refractivity contribution in [2.45, 2.75) is 53.0 Å². The Hall–Kier alpha value is -2.37. The maximum Gasteiger partial charge on any atom is 0.330 e. The van der Waals surface area contributed by atoms with Gasteiger partial charge in [-0.1, -0.05) is 43.2 Å². The fourth-order valence-electron chi connectivity index (χ4n) is 3.60. The number of carboxylic acid groups (broad SMARTS) is 1. The fraction of sp³-hybridized carbons (Fsp3) is 0.571. The first-order valence-corrected chi connectivity index (χ1v) is 9.63. The van der Waals surface area contributed by atoms with E-state index in [0.717, 1.165) is 24.0 Å². The number of aryl methyl sites for hydroxylation is 2. The quantitative estimate of drug-likeness (QED) is 0.802. The first-order valence-electron chi connectivity index (χ1n) is 9.63. The van der Waals surface area contributed by atoms with Gasteiger partial charge in [-0.15, -0.1) is 0 Å². The second kappa shape index (κ2) is 9.02. The number of amides is 2. The summed E-state index contributed by atoms with van der Waals surface area (Å²) in [5, 5.41) is 12.3. The molecule has 27 heavy (non-hydrogen) atoms. The van der Waals surface area contributed by atoms with Gasteiger partial charge < -0.3 is 15.3 Å². The van der Waals surface area contributed by atoms with E-state index in [9.17, 15) is 19.5 Å². The van der Waals surface area contributed by atoms with E-state index in [1.165, 1.54) is 0 Å². The predicted octanol–water partition coefficient (Wildman–Crippen LogP) is 2.83. The maximum atomic E-state index is 12.8. The van der Waals surface area contributed by atoms with Crippen LogP contribution in [0.15, 0.2) is 18.2 Å². The third-order valence-electron chi connectivity index (χ3n) is 5.25. The molecular weight excluding hydrogens is 344 g/mol. The zero-order valence-corrected chi connectivity index (χ0v) is 16.6. The van der Waals surface area contributed by atoms with Crippen LogP contribution in [0.4, 0.5) is 0 Å². The summed E-state index contributed by atoms with van der Waals surface area (Å²) in [5.74, 6) is -1.76. The Bertz CT molecular complexity index is 696. The summed E-state index contributed by atoms with van der Waals surface area (Å²) < 4.78 is 0. The van der Waals surface area contributed by atoms with Gasteiger partial charge in [0.1, 0.15) is 0 Å². The molecule has 6 heteroatoms. The Morgan fingerprint density at radius 3 is 2.41 bits per heavy atom. The molecule has 1 aromatic carbocycles. The highest BCUT2D eigenvalue weighted by atomic mass is 16.4. The number of hydrogen-bond acceptors (Lipinski definition) is 3. The molecule has 3 atom stereocenters. The lowest BCUT2D eigenvalue weighted by Gasteiger charge is -2.34. The van der Waals surface area contributed by atoms with Crippen LogP contribution in [-0.4, -0.2) is 40.9 Å². The van der Waals surface area contributed by atoms with E-state index >= 15 is 0 Å². The van der Waals surface area contributed by atoms with E-state index < -0.39 is 12.0 Å². The molecule has 3 unspecified atom stereocenters. The van der Waals surface area contributed by atoms with Crippen LogP contribution in [0, 0.1) is 25.7 Å². The van der Waals surface area contributed by atoms with Crippen LogP contribution in [0.1, 0.15) is 55.8 Å². The smallest absolute Gasteiger partial charge is 0.330 e. The zero-order chi connectivity index (χ0) is 20.1. The van der Waals surface area contributed by atoms with E-state index in [2.05, 4.69) is 5.32 Å². The zero-order valence-electron chi connectivity index (χ0n) is 16.6. The summed E-state index contributed by atoms with van der Waals surface area (Å²) >= 11 is 0. The largest absolute Gasteiger partial charge is 0.479 e. The second-order valence-electron chi connectivity index (χ2n) is 7.63. The molecule has 1 saturated heterocycles. The molecular formula is C21H30N2O4. The highest BCUT2D eigenvalue weighted by Crippen LogP contribution is 2.22. The van der Waals surface area contributed by atoms with Crippen molar-refractivity contribution in [3.63, 3.8) is 0 Å². The first-order chi connectivity index (χ1) is 12.7. The van der Waals surface area contributed by atoms with Crippen LogP contribution in [0.5, 0.6) is 0 Å². The minimum Gasteiger partial charge on any atom is -0.479 e. The normalized spacial score (nSPS) is 19.3. The van der Waals surface area contributed by atoms with Crippen LogP contribution >= 0.6 is 0 Å². The number of carboxylic acids is 1. The average Bonchev–Trinajstić information content (AvgIpc) is 2.63. The minimum atomic E-state index is -1.09. The van der Waals surface area contributed by atoms with E-state index in [4.69, 9.17) is 0 Å². The number of rotatable bonds is 6. The van der Waals surface area contributed by atoms with Gasteiger partial charge >= 0.3 is 5.97 Å². The number of carbonyl (C=O) groups is 3. The van der Waals surface area contributed by atoms with Crippen molar-refractivity contribution < 1.29 is 19.5 Å². The molecule has 1 aliphatic heterocycles. The molecule has 0 aliphatic carbocycles. The minimum absolute atomic E-state index is 0.0613. The van der Waals surface area contributed by atoms with Gasteiger partial charge in [0, 0.05) is 19.0 Å². The van der Waals surface area contributed by atoms with Crippen molar-refractivity contribution in [2.75, 3.05) is 13.1 Å². The van der Waals surface area contributed by atoms with Crippen molar-refractivity contribution in [2.24, 2.45) is 11.8 Å². The van der Waals surface area contributed by atoms with Crippen molar-refractivity contribution in [1.82, 2.24) is 10.2 Å². The summed E-state index contributed by atoms with van der Waals surface area (Å²) in [7, 11) is 0. The van der Waals surface area contributed by atoms with Crippen LogP contribution in [-0.2, 0) is 14.4 Å². The number of benzene rings is 1. The first kappa shape index (κ1) is 20.9. The molecule has 6 nitrogen and oxygen atoms in total. The Balaban J connectivity index is 2.11. The third kappa shape index (κ3) is 5.31. The number of hydrogen-bond donors (Lipinski definition) is 2. The summed E-state index contributed by atoms with van der Waals surface area (Å²) in [6, 6.07) is 4.44. The number of nitrogens with zero attached hydrogens (tertiary/aromatic N) is 1. The molecule has 0 saturated carbocycles. The van der Waals surface area contributed by atoms with Gasteiger partial charge in [0.2, 0.25) is 11.8 Å². The second-order valence-corrected chi connectivity index (χ2v) is 7.63. The monoisotopic (exact) mass is 374 g/mol. The van der Waals surface area contributed by atoms with E-state index in [1.54, 1.807) is 17.0 Å². The number of nitrogens with one attached hydrogen (secondary N) is 1. The molecule has 1 aliphatic rings. The standard InChI is InChI=1S/C21H30N2O4/c1-5-15(4)20(25)23-8-6-7-16(12-23)19(24)22-18(21(26)27)17-10-13(2)9-14(3)11-17/h9-11,15-16,18H,5-8,12H2,1-4H3,(H,22,24)(H,26,27). The maximum absolute atomic E-state index is 12.8. The molecule has 148 valence electrons. The molecule has 1 heterocycles. The number of aliphatic carboxylic acids is 1. The van der Waals surface area contributed by atoms with Gasteiger partial charge in [0.25, 0.3) is 0 Å². The van der Waals surface area contributed by atoms with Crippen molar-refractivity contribution in [3.8, 4) is 0 Å². The van der Waals surface area contributed by atoms with E-state index in [0.29, 0.717) is 25.1 Å². The van der Waals surface area contributed by atoms with Crippen molar-refractivity contribution in [1.29, 1.82) is 0 Å². The summed E-state index contributed by atoms with van der Waals surface area (Å²) in [5.41, 5.74) is 2.47. The molecule has 0 spiro atoms. The lowest BCUT2D eigenvalue weighted by molar-refractivity contribution is -0.144. The molecule has 0 aromatic heterocycles. The average molecular weight is 374 g/mol. The molecule has 0 bridgehead atoms. The molecule has 2 N–H and O–H groups in total. The third-order valence-corrected chi connectivity index (χ3v) is 5.25. The Morgan fingerprint density at radius 1 is 1.22 bits per heavy atom. The highest BCUT2D eigenvalue weighted by Gasteiger charge is 2.32. The fourth-order valence-corrected chi connectivity index (χ4v) is 3.60. The van der Waals surface area contributed by atoms with Gasteiger partial charge in [-0.2, -0.15) is 0 Å². The van der Waals surface area contributed by atoms with Gasteiger partial charge in [-0.25, -0.2) is 4.79 Å². The summed E-state index contributed by atoms with van der Waals surface area (Å²) in [6.45, 7) is 8.68. The number of piperidine rings is 1. The van der Waals surface area contributed by atoms with Gasteiger partial charge in [0.15, 0.2) is 6.04 Å². The molecule has 1 fully saturated rings. The molecule has 1 aromatic rings. The lowest BCUT2D eigenvalue weighted by atomic mass is 9.94. The van der Waals surface area contributed by atoms with Gasteiger partial charge in [-0.05, 0) is 38.7 Å². The molecule has 2 amide bonds. The Kier molecular flexibility index (Phi) is 6.99. The Morgan fingerprint density at radius 2 is 1.85 bits per heavy atom. The molecule has 0 radical (unpaired) electrons. The van der Waals surface area contributed by atoms with Crippen LogP contribution in [0.2, 0.25) is 0 Å². The van der Waals surface area contributed by atoms with Gasteiger partial charge in [0.05, 0.1) is 5.92 Å². The van der Waals surface area contributed by atoms with E-state index in [-0.39, 0.29) is 23.7 Å². The van der Waals surface area contributed by atoms with Gasteiger partial charge in [-0.3, -0.25) is 9.59 Å². The molecule has 2 rings (SSSR count). The topological polar surface area (TPSA) is 86.7 Å². The predicted molar refractivity (Wildman–Crippen MR) is 103 cm³/mol. The SMILES string of the molecule is CCC(C)C(=O)N1CCCC(C(=O)NC(C(=O)O)c2cc(C)cc(C)c2)C1. The van der Waals surface area contributed by atoms with Crippen LogP contribution in [0.25, 0.3) is 0 Å². The van der Waals surface area contributed by atoms with Crippen LogP contribution < -0.4 is 5.32 Å². The van der Waals surface area contributed by atoms with E-state index in [1.807, 2.05) is 33.8 Å². The Labute approximate surface area is 160 Å². The highest BCUT2D eigenvalue weighted by molar-refractivity contribution is 5.87.